The molecule has 112 valence electrons. The van der Waals surface area contributed by atoms with Crippen molar-refractivity contribution in [1.82, 2.24) is 4.90 Å². The van der Waals surface area contributed by atoms with Gasteiger partial charge in [-0.05, 0) is 18.2 Å². The number of anilines is 2. The topological polar surface area (TPSA) is 89.2 Å². The molecule has 1 aliphatic heterocycles. The molecule has 6 heteroatoms. The Bertz CT molecular complexity index is 420. The van der Waals surface area contributed by atoms with E-state index >= 15 is 0 Å². The fourth-order valence-corrected chi connectivity index (χ4v) is 2.48. The van der Waals surface area contributed by atoms with Crippen molar-refractivity contribution < 1.29 is 14.7 Å². The first kappa shape index (κ1) is 14.9. The molecule has 0 radical (unpaired) electrons. The summed E-state index contributed by atoms with van der Waals surface area (Å²) in [5.41, 5.74) is 12.7. The number of quaternary nitrogens is 1. The lowest BCUT2D eigenvalue weighted by Crippen LogP contribution is -3.15. The third-order valence-corrected chi connectivity index (χ3v) is 3.73. The number of benzene rings is 1. The molecule has 1 fully saturated rings. The number of hydrogen-bond acceptors (Lipinski definition) is 5. The number of aliphatic hydroxyl groups is 1. The molecule has 0 amide bonds. The van der Waals surface area contributed by atoms with E-state index in [-0.39, 0.29) is 6.61 Å². The van der Waals surface area contributed by atoms with E-state index in [0.29, 0.717) is 23.7 Å². The molecule has 1 saturated heterocycles. The van der Waals surface area contributed by atoms with Crippen LogP contribution in [0.5, 0.6) is 5.75 Å². The molecule has 0 saturated carbocycles. The Morgan fingerprint density at radius 1 is 1.25 bits per heavy atom. The Kier molecular flexibility index (Phi) is 5.46. The molecular weight excluding hydrogens is 256 g/mol. The van der Waals surface area contributed by atoms with E-state index < -0.39 is 0 Å². The van der Waals surface area contributed by atoms with Crippen molar-refractivity contribution in [3.05, 3.63) is 18.2 Å². The molecule has 0 bridgehead atoms. The zero-order valence-corrected chi connectivity index (χ0v) is 11.8. The van der Waals surface area contributed by atoms with E-state index in [1.54, 1.807) is 12.1 Å². The van der Waals surface area contributed by atoms with Gasteiger partial charge in [0.05, 0.1) is 25.4 Å². The van der Waals surface area contributed by atoms with Gasteiger partial charge in [0.15, 0.2) is 0 Å². The van der Waals surface area contributed by atoms with E-state index in [1.165, 1.54) is 4.90 Å². The van der Waals surface area contributed by atoms with Crippen molar-refractivity contribution in [2.24, 2.45) is 0 Å². The van der Waals surface area contributed by atoms with E-state index in [9.17, 15) is 0 Å². The van der Waals surface area contributed by atoms with E-state index in [4.69, 9.17) is 21.3 Å². The first-order valence-electron chi connectivity index (χ1n) is 7.13. The second-order valence-corrected chi connectivity index (χ2v) is 5.21. The molecule has 1 aromatic carbocycles. The van der Waals surface area contributed by atoms with Crippen LogP contribution in [-0.4, -0.2) is 62.5 Å². The summed E-state index contributed by atoms with van der Waals surface area (Å²) in [5.74, 6) is 0.698. The van der Waals surface area contributed by atoms with Crippen molar-refractivity contribution in [3.63, 3.8) is 0 Å². The van der Waals surface area contributed by atoms with Crippen molar-refractivity contribution in [2.75, 3.05) is 63.9 Å². The van der Waals surface area contributed by atoms with Crippen molar-refractivity contribution in [1.29, 1.82) is 0 Å². The molecule has 1 heterocycles. The second-order valence-electron chi connectivity index (χ2n) is 5.21. The first-order chi connectivity index (χ1) is 9.69. The predicted octanol–water partition coefficient (Wildman–Crippen LogP) is -1.58. The second kappa shape index (κ2) is 7.33. The fraction of sp³-hybridized carbons (Fsp3) is 0.571. The summed E-state index contributed by atoms with van der Waals surface area (Å²) >= 11 is 0. The number of nitrogens with zero attached hydrogens (tertiary/aromatic N) is 1. The number of nitrogens with two attached hydrogens (primary N) is 2. The van der Waals surface area contributed by atoms with Gasteiger partial charge in [-0.2, -0.15) is 0 Å². The van der Waals surface area contributed by atoms with Gasteiger partial charge in [-0.1, -0.05) is 0 Å². The molecule has 0 unspecified atom stereocenters. The maximum absolute atomic E-state index is 8.92. The number of nitrogens with one attached hydrogen (secondary N) is 1. The highest BCUT2D eigenvalue weighted by Crippen LogP contribution is 2.23. The zero-order chi connectivity index (χ0) is 14.4. The Balaban J connectivity index is 1.69. The number of ether oxygens (including phenoxy) is 1. The molecule has 0 aliphatic carbocycles. The van der Waals surface area contributed by atoms with Gasteiger partial charge < -0.3 is 26.2 Å². The largest absolute Gasteiger partial charge is 0.490 e. The van der Waals surface area contributed by atoms with Gasteiger partial charge in [-0.3, -0.25) is 4.90 Å². The Morgan fingerprint density at radius 2 is 2.00 bits per heavy atom. The monoisotopic (exact) mass is 281 g/mol. The lowest BCUT2D eigenvalue weighted by Gasteiger charge is -2.31. The molecule has 6 N–H and O–H groups in total. The van der Waals surface area contributed by atoms with Crippen LogP contribution >= 0.6 is 0 Å². The average Bonchev–Trinajstić information content (AvgIpc) is 2.43. The molecule has 6 nitrogen and oxygen atoms in total. The maximum atomic E-state index is 8.92. The van der Waals surface area contributed by atoms with Crippen LogP contribution in [0.25, 0.3) is 0 Å². The van der Waals surface area contributed by atoms with Crippen molar-refractivity contribution in [2.45, 2.75) is 0 Å². The fourth-order valence-electron chi connectivity index (χ4n) is 2.48. The summed E-state index contributed by atoms with van der Waals surface area (Å²) < 4.78 is 5.70. The minimum Gasteiger partial charge on any atom is -0.490 e. The minimum atomic E-state index is 0.273. The lowest BCUT2D eigenvalue weighted by molar-refractivity contribution is -0.904. The molecule has 0 spiro atoms. The van der Waals surface area contributed by atoms with Gasteiger partial charge in [0.2, 0.25) is 0 Å². The molecule has 20 heavy (non-hydrogen) atoms. The summed E-state index contributed by atoms with van der Waals surface area (Å²) in [6, 6.07) is 5.32. The third-order valence-electron chi connectivity index (χ3n) is 3.73. The molecule has 1 aliphatic rings. The number of nitrogen functional groups attached to an aromatic ring is 2. The molecular formula is C14H25N4O2+. The smallest absolute Gasteiger partial charge is 0.142 e. The van der Waals surface area contributed by atoms with Gasteiger partial charge >= 0.3 is 0 Å². The standard InChI is InChI=1S/C14H24N4O2/c15-12-1-2-14(13(16)11-12)20-10-8-18-5-3-17(4-6-18)7-9-19/h1-2,11,19H,3-10,15-16H2/p+1. The number of aliphatic hydroxyl groups excluding tert-OH is 1. The van der Waals surface area contributed by atoms with Crippen LogP contribution in [0.4, 0.5) is 11.4 Å². The SMILES string of the molecule is Nc1ccc(OCCN2CC[NH+](CCO)CC2)c(N)c1. The van der Waals surface area contributed by atoms with Crippen LogP contribution in [0.2, 0.25) is 0 Å². The number of hydrogen-bond donors (Lipinski definition) is 4. The van der Waals surface area contributed by atoms with Crippen LogP contribution in [0.15, 0.2) is 18.2 Å². The normalized spacial score (nSPS) is 17.2. The molecule has 2 rings (SSSR count). The first-order valence-corrected chi connectivity index (χ1v) is 7.13. The molecule has 1 aromatic rings. The van der Waals surface area contributed by atoms with Gasteiger partial charge in [-0.25, -0.2) is 0 Å². The summed E-state index contributed by atoms with van der Waals surface area (Å²) in [6.45, 7) is 6.93. The Labute approximate surface area is 119 Å². The van der Waals surface area contributed by atoms with Crippen LogP contribution in [0.3, 0.4) is 0 Å². The van der Waals surface area contributed by atoms with Crippen LogP contribution < -0.4 is 21.1 Å². The quantitative estimate of drug-likeness (QED) is 0.473. The summed E-state index contributed by atoms with van der Waals surface area (Å²) in [6.07, 6.45) is 0. The highest BCUT2D eigenvalue weighted by Gasteiger charge is 2.18. The predicted molar refractivity (Wildman–Crippen MR) is 79.9 cm³/mol. The van der Waals surface area contributed by atoms with E-state index in [1.807, 2.05) is 6.07 Å². The van der Waals surface area contributed by atoms with E-state index in [2.05, 4.69) is 4.90 Å². The van der Waals surface area contributed by atoms with E-state index in [0.717, 1.165) is 39.3 Å². The lowest BCUT2D eigenvalue weighted by atomic mass is 10.2. The van der Waals surface area contributed by atoms with Gasteiger partial charge in [0.1, 0.15) is 18.9 Å². The number of rotatable bonds is 6. The summed E-state index contributed by atoms with van der Waals surface area (Å²) in [5, 5.41) is 8.92. The zero-order valence-electron chi connectivity index (χ0n) is 11.8. The molecule has 0 aromatic heterocycles. The highest BCUT2D eigenvalue weighted by molar-refractivity contribution is 5.60. The summed E-state index contributed by atoms with van der Waals surface area (Å²) in [4.78, 5) is 3.86. The van der Waals surface area contributed by atoms with Gasteiger partial charge in [0.25, 0.3) is 0 Å². The van der Waals surface area contributed by atoms with Crippen LogP contribution in [0.1, 0.15) is 0 Å². The number of piperazine rings is 1. The van der Waals surface area contributed by atoms with Crippen LogP contribution in [0, 0.1) is 0 Å². The Hall–Kier alpha value is -1.50. The Morgan fingerprint density at radius 3 is 2.65 bits per heavy atom. The van der Waals surface area contributed by atoms with Gasteiger partial charge in [-0.15, -0.1) is 0 Å². The third kappa shape index (κ3) is 4.26. The average molecular weight is 281 g/mol. The van der Waals surface area contributed by atoms with Crippen molar-refractivity contribution >= 4 is 11.4 Å². The highest BCUT2D eigenvalue weighted by atomic mass is 16.5. The van der Waals surface area contributed by atoms with Crippen LogP contribution in [-0.2, 0) is 0 Å². The van der Waals surface area contributed by atoms with Gasteiger partial charge in [0, 0.05) is 25.3 Å². The molecule has 0 atom stereocenters. The minimum absolute atomic E-state index is 0.273. The summed E-state index contributed by atoms with van der Waals surface area (Å²) in [7, 11) is 0. The van der Waals surface area contributed by atoms with Crippen molar-refractivity contribution in [3.8, 4) is 5.75 Å². The maximum Gasteiger partial charge on any atom is 0.142 e.